The second-order valence-corrected chi connectivity index (χ2v) is 1.26. The Labute approximate surface area is 84.4 Å². The van der Waals surface area contributed by atoms with E-state index in [0.717, 1.165) is 0 Å². The number of nitrogens with zero attached hydrogens (tertiary/aromatic N) is 1. The molecule has 3 nitrogen and oxygen atoms in total. The van der Waals surface area contributed by atoms with Gasteiger partial charge in [0, 0.05) is 19.3 Å². The predicted molar refractivity (Wildman–Crippen MR) is 60.7 cm³/mol. The molecule has 0 radical (unpaired) electrons. The highest BCUT2D eigenvalue weighted by Crippen LogP contribution is 1.27. The first-order valence-corrected chi connectivity index (χ1v) is 3.19. The number of nitrogens with two attached hydrogens (primary N) is 2. The Morgan fingerprint density at radius 2 is 1.25 bits per heavy atom. The van der Waals surface area contributed by atoms with E-state index in [1.165, 1.54) is 19.3 Å². The van der Waals surface area contributed by atoms with Crippen LogP contribution >= 0.6 is 24.4 Å². The second kappa shape index (κ2) is 52.2. The highest BCUT2D eigenvalue weighted by atomic mass is 32.1. The van der Waals surface area contributed by atoms with Gasteiger partial charge in [-0.25, -0.2) is 0 Å². The highest BCUT2D eigenvalue weighted by Gasteiger charge is 1.24. The summed E-state index contributed by atoms with van der Waals surface area (Å²) < 4.78 is 0. The molecular weight excluding hydrogens is 190 g/mol. The Kier molecular flexibility index (Phi) is 97.7. The van der Waals surface area contributed by atoms with Crippen LogP contribution in [0.3, 0.4) is 0 Å². The van der Waals surface area contributed by atoms with Gasteiger partial charge in [-0.2, -0.15) is 5.26 Å². The quantitative estimate of drug-likeness (QED) is 0.580. The molecule has 0 aliphatic heterocycles. The normalized spacial score (nSPS) is 3.33. The zero-order valence-electron chi connectivity index (χ0n) is 6.07. The van der Waals surface area contributed by atoms with Crippen molar-refractivity contribution in [3.05, 3.63) is 12.4 Å². The summed E-state index contributed by atoms with van der Waals surface area (Å²) in [7, 11) is 0. The average molecular weight is 203 g/mol. The molecule has 0 bridgehead atoms. The van der Waals surface area contributed by atoms with E-state index in [2.05, 4.69) is 45.9 Å². The summed E-state index contributed by atoms with van der Waals surface area (Å²) in [5.74, 6) is 0. The van der Waals surface area contributed by atoms with Crippen LogP contribution in [-0.2, 0) is 0 Å². The molecule has 68 valence electrons. The first-order valence-electron chi connectivity index (χ1n) is 2.38. The van der Waals surface area contributed by atoms with E-state index in [0.29, 0.717) is 0 Å². The Bertz CT molecular complexity index is 167. The molecule has 0 aliphatic rings. The van der Waals surface area contributed by atoms with Crippen LogP contribution in [0.15, 0.2) is 12.4 Å². The van der Waals surface area contributed by atoms with Gasteiger partial charge >= 0.3 is 0 Å². The molecule has 0 aromatic heterocycles. The summed E-state index contributed by atoms with van der Waals surface area (Å²) in [5.41, 5.74) is 9.38. The summed E-state index contributed by atoms with van der Waals surface area (Å²) in [6.45, 7) is 1.43. The van der Waals surface area contributed by atoms with Crippen molar-refractivity contribution < 1.29 is 0 Å². The van der Waals surface area contributed by atoms with Gasteiger partial charge in [0.05, 0.1) is 6.07 Å². The largest absolute Gasteiger partial charge is 0.398 e. The van der Waals surface area contributed by atoms with Gasteiger partial charge in [0.2, 0.25) is 0 Å². The van der Waals surface area contributed by atoms with E-state index in [-0.39, 0.29) is 7.43 Å². The summed E-state index contributed by atoms with van der Waals surface area (Å²) in [6.07, 6.45) is 2.38. The maximum Gasteiger partial charge on any atom is 0.0587 e. The smallest absolute Gasteiger partial charge is 0.0587 e. The molecule has 0 heterocycles. The summed E-state index contributed by atoms with van der Waals surface area (Å²) >= 11 is 8.25. The van der Waals surface area contributed by atoms with E-state index in [1.807, 2.05) is 0 Å². The molecular formula is C7H13N3S2. The van der Waals surface area contributed by atoms with E-state index in [4.69, 9.17) is 5.26 Å². The monoisotopic (exact) mass is 203 g/mol. The second-order valence-electron chi connectivity index (χ2n) is 0.793. The van der Waals surface area contributed by atoms with Crippen LogP contribution in [0.4, 0.5) is 0 Å². The van der Waals surface area contributed by atoms with Gasteiger partial charge in [-0.1, -0.05) is 7.43 Å². The lowest BCUT2D eigenvalue weighted by atomic mass is 11.0. The van der Waals surface area contributed by atoms with Gasteiger partial charge < -0.3 is 11.5 Å². The standard InChI is InChI=1S/2C2H3NS.C2H3N.CH4/c2*3-1-2-4;1-2-3;/h2*1H,3H2;1H3;1H4. The molecule has 0 aromatic carbocycles. The SMILES string of the molecule is C.CC#N.NC=C=S.NC=C=S. The molecule has 0 saturated carbocycles. The van der Waals surface area contributed by atoms with Crippen LogP contribution in [0.5, 0.6) is 0 Å². The number of hydrogen-bond donors (Lipinski definition) is 2. The third kappa shape index (κ3) is 786. The van der Waals surface area contributed by atoms with Gasteiger partial charge in [0.1, 0.15) is 0 Å². The lowest BCUT2D eigenvalue weighted by Gasteiger charge is -1.42. The third-order valence-electron chi connectivity index (χ3n) is 0.136. The van der Waals surface area contributed by atoms with Crippen molar-refractivity contribution in [2.75, 3.05) is 0 Å². The first-order chi connectivity index (χ1) is 5.24. The predicted octanol–water partition coefficient (Wildman–Crippen LogP) is 1.28. The summed E-state index contributed by atoms with van der Waals surface area (Å²) in [5, 5.41) is 11.7. The van der Waals surface area contributed by atoms with Crippen LogP contribution in [-0.4, -0.2) is 10.0 Å². The van der Waals surface area contributed by atoms with E-state index in [9.17, 15) is 0 Å². The first kappa shape index (κ1) is 22.4. The van der Waals surface area contributed by atoms with Crippen LogP contribution < -0.4 is 11.5 Å². The zero-order valence-corrected chi connectivity index (χ0v) is 7.71. The third-order valence-corrected chi connectivity index (χ3v) is 0.408. The minimum absolute atomic E-state index is 0. The van der Waals surface area contributed by atoms with Crippen molar-refractivity contribution >= 4 is 34.5 Å². The summed E-state index contributed by atoms with van der Waals surface area (Å²) in [6, 6.07) is 1.75. The lowest BCUT2D eigenvalue weighted by molar-refractivity contribution is 1.49. The molecule has 0 aromatic rings. The molecule has 5 heteroatoms. The van der Waals surface area contributed by atoms with Crippen molar-refractivity contribution in [2.24, 2.45) is 11.5 Å². The molecule has 0 spiro atoms. The number of rotatable bonds is 0. The minimum Gasteiger partial charge on any atom is -0.398 e. The Hall–Kier alpha value is -1.17. The molecule has 0 saturated heterocycles. The van der Waals surface area contributed by atoms with Gasteiger partial charge in [0.25, 0.3) is 0 Å². The fourth-order valence-corrected chi connectivity index (χ4v) is 0. The molecule has 0 fully saturated rings. The zero-order chi connectivity index (χ0) is 9.54. The van der Waals surface area contributed by atoms with Crippen molar-refractivity contribution in [3.63, 3.8) is 0 Å². The topological polar surface area (TPSA) is 75.8 Å². The number of nitriles is 1. The maximum absolute atomic E-state index is 7.32. The fourth-order valence-electron chi connectivity index (χ4n) is 0. The Morgan fingerprint density at radius 3 is 1.25 bits per heavy atom. The van der Waals surface area contributed by atoms with Crippen molar-refractivity contribution in [1.29, 1.82) is 5.26 Å². The highest BCUT2D eigenvalue weighted by molar-refractivity contribution is 7.78. The molecule has 0 aliphatic carbocycles. The lowest BCUT2D eigenvalue weighted by Crippen LogP contribution is -1.71. The molecule has 0 amide bonds. The maximum atomic E-state index is 7.32. The van der Waals surface area contributed by atoms with Crippen LogP contribution in [0.1, 0.15) is 14.4 Å². The molecule has 4 N–H and O–H groups in total. The molecule has 12 heavy (non-hydrogen) atoms. The van der Waals surface area contributed by atoms with Gasteiger partial charge in [0.15, 0.2) is 0 Å². The van der Waals surface area contributed by atoms with Crippen LogP contribution in [0.2, 0.25) is 0 Å². The van der Waals surface area contributed by atoms with E-state index < -0.39 is 0 Å². The van der Waals surface area contributed by atoms with Crippen LogP contribution in [0.25, 0.3) is 0 Å². The molecule has 0 unspecified atom stereocenters. The van der Waals surface area contributed by atoms with Crippen molar-refractivity contribution in [3.8, 4) is 6.07 Å². The van der Waals surface area contributed by atoms with Crippen LogP contribution in [0, 0.1) is 11.3 Å². The van der Waals surface area contributed by atoms with Gasteiger partial charge in [-0.05, 0) is 34.5 Å². The Balaban J connectivity index is -0.0000000389. The molecule has 0 rings (SSSR count). The number of hydrogen-bond acceptors (Lipinski definition) is 5. The van der Waals surface area contributed by atoms with E-state index >= 15 is 0 Å². The fraction of sp³-hybridized carbons (Fsp3) is 0.286. The van der Waals surface area contributed by atoms with Crippen molar-refractivity contribution in [2.45, 2.75) is 14.4 Å². The van der Waals surface area contributed by atoms with Crippen molar-refractivity contribution in [1.82, 2.24) is 0 Å². The minimum atomic E-state index is 0. The average Bonchev–Trinajstić information content (AvgIpc) is 2.06. The Morgan fingerprint density at radius 1 is 1.17 bits per heavy atom. The molecule has 0 atom stereocenters. The summed E-state index contributed by atoms with van der Waals surface area (Å²) in [4.78, 5) is 0. The van der Waals surface area contributed by atoms with Gasteiger partial charge in [-0.15, -0.1) is 0 Å². The van der Waals surface area contributed by atoms with Gasteiger partial charge in [-0.3, -0.25) is 0 Å². The number of thiocarbonyl (C=S) groups is 2. The van der Waals surface area contributed by atoms with E-state index in [1.54, 1.807) is 6.07 Å².